The van der Waals surface area contributed by atoms with E-state index < -0.39 is 0 Å². The first-order valence-corrected chi connectivity index (χ1v) is 5.98. The van der Waals surface area contributed by atoms with E-state index in [9.17, 15) is 9.90 Å². The first-order chi connectivity index (χ1) is 9.38. The maximum absolute atomic E-state index is 11.9. The van der Waals surface area contributed by atoms with Crippen LogP contribution < -0.4 is 5.73 Å². The third kappa shape index (κ3) is 3.47. The molecule has 4 N–H and O–H groups in total. The molecular weight excluding hydrogens is 260 g/mol. The molecule has 0 saturated carbocycles. The van der Waals surface area contributed by atoms with Crippen molar-refractivity contribution in [3.05, 3.63) is 23.8 Å². The Hall–Kier alpha value is -2.57. The van der Waals surface area contributed by atoms with Gasteiger partial charge in [-0.15, -0.1) is 0 Å². The minimum atomic E-state index is -0.349. The molecule has 0 unspecified atom stereocenters. The number of phenols is 1. The summed E-state index contributed by atoms with van der Waals surface area (Å²) < 4.78 is 4.90. The summed E-state index contributed by atoms with van der Waals surface area (Å²) in [5.74, 6) is -1.08. The number of nitrogens with one attached hydrogen (secondary N) is 1. The summed E-state index contributed by atoms with van der Waals surface area (Å²) in [5, 5.41) is 17.5. The molecule has 0 aliphatic heterocycles. The molecule has 7 heteroatoms. The van der Waals surface area contributed by atoms with Crippen molar-refractivity contribution in [1.29, 1.82) is 5.41 Å². The lowest BCUT2D eigenvalue weighted by molar-refractivity contribution is 0.0824. The van der Waals surface area contributed by atoms with Gasteiger partial charge in [0, 0.05) is 14.1 Å². The van der Waals surface area contributed by atoms with Crippen LogP contribution in [0, 0.1) is 5.41 Å². The first kappa shape index (κ1) is 15.5. The van der Waals surface area contributed by atoms with Gasteiger partial charge >= 0.3 is 0 Å². The monoisotopic (exact) mass is 278 g/mol. The lowest BCUT2D eigenvalue weighted by atomic mass is 10.1. The molecule has 1 rings (SSSR count). The number of rotatable bonds is 3. The topological polar surface area (TPSA) is 112 Å². The Bertz CT molecular complexity index is 553. The largest absolute Gasteiger partial charge is 0.505 e. The van der Waals surface area contributed by atoms with Gasteiger partial charge in [-0.05, 0) is 19.1 Å². The minimum absolute atomic E-state index is 0.111. The predicted octanol–water partition coefficient (Wildman–Crippen LogP) is 1.10. The van der Waals surface area contributed by atoms with Gasteiger partial charge in [-0.3, -0.25) is 10.2 Å². The summed E-state index contributed by atoms with van der Waals surface area (Å²) >= 11 is 0. The average Bonchev–Trinajstić information content (AvgIpc) is 2.40. The van der Waals surface area contributed by atoms with Gasteiger partial charge in [0.25, 0.3) is 5.91 Å². The maximum atomic E-state index is 11.9. The van der Waals surface area contributed by atoms with Gasteiger partial charge in [0.15, 0.2) is 11.6 Å². The summed E-state index contributed by atoms with van der Waals surface area (Å²) in [7, 11) is 3.16. The number of benzene rings is 1. The van der Waals surface area contributed by atoms with Crippen molar-refractivity contribution in [3.63, 3.8) is 0 Å². The number of hydrogen-bond acceptors (Lipinski definition) is 5. The molecule has 0 atom stereocenters. The number of amides is 1. The number of aliphatic imine (C=N–C) groups is 1. The minimum Gasteiger partial charge on any atom is -0.505 e. The number of aromatic hydroxyl groups is 1. The van der Waals surface area contributed by atoms with E-state index in [1.54, 1.807) is 27.1 Å². The van der Waals surface area contributed by atoms with Gasteiger partial charge in [-0.25, -0.2) is 4.99 Å². The fourth-order valence-corrected chi connectivity index (χ4v) is 1.43. The number of para-hydroxylation sites is 1. The molecule has 108 valence electrons. The molecule has 1 aromatic carbocycles. The Morgan fingerprint density at radius 3 is 2.70 bits per heavy atom. The van der Waals surface area contributed by atoms with Crippen molar-refractivity contribution in [2.75, 3.05) is 20.7 Å². The molecule has 1 aromatic rings. The van der Waals surface area contributed by atoms with Crippen molar-refractivity contribution < 1.29 is 14.6 Å². The van der Waals surface area contributed by atoms with Gasteiger partial charge in [-0.2, -0.15) is 0 Å². The zero-order valence-corrected chi connectivity index (χ0v) is 11.7. The van der Waals surface area contributed by atoms with Crippen LogP contribution in [0.4, 0.5) is 5.69 Å². The molecule has 0 aromatic heterocycles. The van der Waals surface area contributed by atoms with Crippen LogP contribution in [0.2, 0.25) is 0 Å². The van der Waals surface area contributed by atoms with Crippen molar-refractivity contribution in [2.45, 2.75) is 6.92 Å². The quantitative estimate of drug-likeness (QED) is 0.567. The van der Waals surface area contributed by atoms with Gasteiger partial charge in [-0.1, -0.05) is 6.07 Å². The highest BCUT2D eigenvalue weighted by Crippen LogP contribution is 2.30. The van der Waals surface area contributed by atoms with Gasteiger partial charge in [0.05, 0.1) is 12.2 Å². The molecule has 7 nitrogen and oxygen atoms in total. The standard InChI is InChI=1S/C13H18N4O3/c1-4-20-12(15)11(14)16-9-7-5-6-8(10(9)18)13(19)17(2)3/h5-7,15,18H,4H2,1-3H3,(H2,14,16). The molecule has 0 spiro atoms. The molecule has 0 bridgehead atoms. The highest BCUT2D eigenvalue weighted by molar-refractivity contribution is 6.36. The van der Waals surface area contributed by atoms with E-state index >= 15 is 0 Å². The van der Waals surface area contributed by atoms with Crippen LogP contribution in [-0.2, 0) is 4.74 Å². The summed E-state index contributed by atoms with van der Waals surface area (Å²) in [6.07, 6.45) is 0. The van der Waals surface area contributed by atoms with Crippen LogP contribution >= 0.6 is 0 Å². The summed E-state index contributed by atoms with van der Waals surface area (Å²) in [6, 6.07) is 4.56. The van der Waals surface area contributed by atoms with Crippen LogP contribution in [0.1, 0.15) is 17.3 Å². The Balaban J connectivity index is 3.15. The Labute approximate surface area is 117 Å². The molecule has 0 saturated heterocycles. The van der Waals surface area contributed by atoms with Crippen LogP contribution in [0.5, 0.6) is 5.75 Å². The second-order valence-electron chi connectivity index (χ2n) is 4.13. The fraction of sp³-hybridized carbons (Fsp3) is 0.308. The van der Waals surface area contributed by atoms with Crippen LogP contribution in [-0.4, -0.2) is 48.3 Å². The molecule has 0 heterocycles. The number of phenolic OH excluding ortho intramolecular Hbond substituents is 1. The highest BCUT2D eigenvalue weighted by atomic mass is 16.5. The number of amidine groups is 1. The zero-order chi connectivity index (χ0) is 15.3. The summed E-state index contributed by atoms with van der Waals surface area (Å²) in [5.41, 5.74) is 5.81. The van der Waals surface area contributed by atoms with E-state index in [-0.39, 0.29) is 34.6 Å². The highest BCUT2D eigenvalue weighted by Gasteiger charge is 2.16. The SMILES string of the molecule is CCOC(=N)C(N)=Nc1cccc(C(=O)N(C)C)c1O. The van der Waals surface area contributed by atoms with E-state index in [0.29, 0.717) is 6.61 Å². The van der Waals surface area contributed by atoms with Gasteiger partial charge < -0.3 is 20.5 Å². The second-order valence-corrected chi connectivity index (χ2v) is 4.13. The number of ether oxygens (including phenoxy) is 1. The van der Waals surface area contributed by atoms with E-state index in [0.717, 1.165) is 0 Å². The second kappa shape index (κ2) is 6.55. The Morgan fingerprint density at radius 2 is 2.15 bits per heavy atom. The van der Waals surface area contributed by atoms with Crippen molar-refractivity contribution in [1.82, 2.24) is 4.90 Å². The Kier molecular flexibility index (Phi) is 5.08. The van der Waals surface area contributed by atoms with Crippen molar-refractivity contribution in [2.24, 2.45) is 10.7 Å². The normalized spacial score (nSPS) is 11.1. The van der Waals surface area contributed by atoms with Crippen LogP contribution in [0.25, 0.3) is 0 Å². The van der Waals surface area contributed by atoms with E-state index in [4.69, 9.17) is 15.9 Å². The van der Waals surface area contributed by atoms with Crippen molar-refractivity contribution in [3.8, 4) is 5.75 Å². The van der Waals surface area contributed by atoms with Crippen LogP contribution in [0.15, 0.2) is 23.2 Å². The number of carbonyl (C=O) groups excluding carboxylic acids is 1. The van der Waals surface area contributed by atoms with Crippen LogP contribution in [0.3, 0.4) is 0 Å². The van der Waals surface area contributed by atoms with E-state index in [1.807, 2.05) is 0 Å². The lowest BCUT2D eigenvalue weighted by Crippen LogP contribution is -2.25. The summed E-state index contributed by atoms with van der Waals surface area (Å²) in [4.78, 5) is 17.1. The molecule has 0 radical (unpaired) electrons. The van der Waals surface area contributed by atoms with E-state index in [1.165, 1.54) is 17.0 Å². The van der Waals surface area contributed by atoms with Gasteiger partial charge in [0.2, 0.25) is 5.90 Å². The Morgan fingerprint density at radius 1 is 1.50 bits per heavy atom. The van der Waals surface area contributed by atoms with E-state index in [2.05, 4.69) is 4.99 Å². The van der Waals surface area contributed by atoms with Gasteiger partial charge in [0.1, 0.15) is 5.69 Å². The number of hydrogen-bond donors (Lipinski definition) is 3. The number of nitrogens with two attached hydrogens (primary N) is 1. The molecule has 0 aliphatic rings. The lowest BCUT2D eigenvalue weighted by Gasteiger charge is -2.12. The average molecular weight is 278 g/mol. The zero-order valence-electron chi connectivity index (χ0n) is 11.7. The fourth-order valence-electron chi connectivity index (χ4n) is 1.43. The predicted molar refractivity (Wildman–Crippen MR) is 76.8 cm³/mol. The third-order valence-electron chi connectivity index (χ3n) is 2.41. The third-order valence-corrected chi connectivity index (χ3v) is 2.41. The van der Waals surface area contributed by atoms with Crippen molar-refractivity contribution >= 4 is 23.3 Å². The molecule has 0 fully saturated rings. The molecule has 0 aliphatic carbocycles. The summed E-state index contributed by atoms with van der Waals surface area (Å²) in [6.45, 7) is 2.01. The molecule has 20 heavy (non-hydrogen) atoms. The first-order valence-electron chi connectivity index (χ1n) is 5.98. The smallest absolute Gasteiger partial charge is 0.257 e. The molecular formula is C13H18N4O3. The molecule has 1 amide bonds. The number of nitrogens with zero attached hydrogens (tertiary/aromatic N) is 2. The number of carbonyl (C=O) groups is 1. The maximum Gasteiger partial charge on any atom is 0.257 e.